The van der Waals surface area contributed by atoms with Crippen molar-refractivity contribution >= 4 is 26.0 Å². The summed E-state index contributed by atoms with van der Waals surface area (Å²) in [6.45, 7) is 3.31. The van der Waals surface area contributed by atoms with E-state index >= 15 is 0 Å². The van der Waals surface area contributed by atoms with Crippen molar-refractivity contribution < 1.29 is 28.4 Å². The van der Waals surface area contributed by atoms with Crippen molar-refractivity contribution in [3.63, 3.8) is 0 Å². The van der Waals surface area contributed by atoms with Gasteiger partial charge in [0.1, 0.15) is 0 Å². The van der Waals surface area contributed by atoms with Crippen LogP contribution in [0.15, 0.2) is 24.3 Å². The molecule has 7 nitrogen and oxygen atoms in total. The van der Waals surface area contributed by atoms with E-state index in [1.807, 2.05) is 0 Å². The molecule has 0 aromatic heterocycles. The minimum atomic E-state index is -3.00. The molecule has 1 aromatic rings. The molecule has 1 aliphatic rings. The highest BCUT2D eigenvalue weighted by atomic mass is 31.1. The first kappa shape index (κ1) is 16.3. The second kappa shape index (κ2) is 5.94. The lowest BCUT2D eigenvalue weighted by molar-refractivity contribution is -0.135. The van der Waals surface area contributed by atoms with Crippen molar-refractivity contribution in [1.29, 1.82) is 0 Å². The molecule has 0 spiro atoms. The quantitative estimate of drug-likeness (QED) is 0.657. The fraction of sp³-hybridized carbons (Fsp3) is 0.357. The third-order valence-corrected chi connectivity index (χ3v) is 3.88. The predicted molar refractivity (Wildman–Crippen MR) is 76.2 cm³/mol. The zero-order chi connectivity index (χ0) is 16.5. The van der Waals surface area contributed by atoms with Crippen molar-refractivity contribution in [1.82, 2.24) is 4.90 Å². The van der Waals surface area contributed by atoms with E-state index in [1.54, 1.807) is 38.1 Å². The summed E-state index contributed by atoms with van der Waals surface area (Å²) in [5.74, 6) is -1.67. The molecule has 22 heavy (non-hydrogen) atoms. The van der Waals surface area contributed by atoms with Gasteiger partial charge in [-0.3, -0.25) is 14.5 Å². The first-order valence-electron chi connectivity index (χ1n) is 6.59. The van der Waals surface area contributed by atoms with Gasteiger partial charge in [0.2, 0.25) is 0 Å². The summed E-state index contributed by atoms with van der Waals surface area (Å²) < 4.78 is 14.6. The summed E-state index contributed by atoms with van der Waals surface area (Å²) in [7, 11) is -3.00. The average molecular weight is 324 g/mol. The maximum Gasteiger partial charge on any atom is 0.750 e. The van der Waals surface area contributed by atoms with Gasteiger partial charge in [0.15, 0.2) is 0 Å². The largest absolute Gasteiger partial charge is 0.750 e. The van der Waals surface area contributed by atoms with Crippen molar-refractivity contribution in [3.05, 3.63) is 35.4 Å². The Hall–Kier alpha value is -2.11. The molecular weight excluding hydrogens is 309 g/mol. The summed E-state index contributed by atoms with van der Waals surface area (Å²) in [6, 6.07) is 6.51. The molecule has 0 saturated heterocycles. The van der Waals surface area contributed by atoms with Crippen molar-refractivity contribution in [3.8, 4) is 0 Å². The Balaban J connectivity index is 2.14. The second-order valence-corrected chi connectivity index (χ2v) is 6.16. The minimum Gasteiger partial charge on any atom is -0.269 e. The van der Waals surface area contributed by atoms with Crippen LogP contribution in [-0.4, -0.2) is 33.1 Å². The Kier molecular flexibility index (Phi) is 4.39. The van der Waals surface area contributed by atoms with Crippen LogP contribution in [-0.2, 0) is 13.9 Å². The van der Waals surface area contributed by atoms with Gasteiger partial charge in [-0.25, -0.2) is 4.79 Å². The summed E-state index contributed by atoms with van der Waals surface area (Å²) >= 11 is 0. The van der Waals surface area contributed by atoms with E-state index in [-0.39, 0.29) is 12.8 Å². The van der Waals surface area contributed by atoms with Crippen LogP contribution in [0, 0.1) is 0 Å². The molecule has 2 rings (SSSR count). The third-order valence-electron chi connectivity index (χ3n) is 3.52. The number of benzene rings is 1. The van der Waals surface area contributed by atoms with E-state index < -0.39 is 31.6 Å². The van der Waals surface area contributed by atoms with Gasteiger partial charge in [-0.2, -0.15) is 4.52 Å². The van der Waals surface area contributed by atoms with Crippen molar-refractivity contribution in [2.45, 2.75) is 32.2 Å². The fourth-order valence-electron chi connectivity index (χ4n) is 2.39. The SMILES string of the molecule is CC(C)(CCC(=O)O[P+](=O)O)N1C(=O)c2ccccc2C1=O. The van der Waals surface area contributed by atoms with Crippen LogP contribution in [0.3, 0.4) is 0 Å². The molecule has 1 N–H and O–H groups in total. The highest BCUT2D eigenvalue weighted by Crippen LogP contribution is 2.32. The molecule has 0 radical (unpaired) electrons. The maximum atomic E-state index is 12.4. The van der Waals surface area contributed by atoms with Crippen LogP contribution in [0.4, 0.5) is 0 Å². The standard InChI is InChI=1S/C14H14NO6P/c1-14(2,8-7-11(16)21-22(19)20)15-12(17)9-5-3-4-6-10(9)13(15)18/h3-6H,7-8H2,1-2H3/p+1. The fourth-order valence-corrected chi connectivity index (χ4v) is 2.66. The molecule has 116 valence electrons. The van der Waals surface area contributed by atoms with Crippen LogP contribution < -0.4 is 0 Å². The number of hydrogen-bond acceptors (Lipinski definition) is 5. The van der Waals surface area contributed by atoms with Crippen LogP contribution in [0.1, 0.15) is 47.4 Å². The molecule has 1 aliphatic heterocycles. The minimum absolute atomic E-state index is 0.125. The number of fused-ring (bicyclic) bond motifs is 1. The Bertz CT molecular complexity index is 634. The number of rotatable bonds is 5. The van der Waals surface area contributed by atoms with E-state index in [0.29, 0.717) is 11.1 Å². The molecule has 1 heterocycles. The molecule has 0 fully saturated rings. The van der Waals surface area contributed by atoms with Crippen LogP contribution in [0.5, 0.6) is 0 Å². The molecular formula is C14H15NO6P+. The van der Waals surface area contributed by atoms with Gasteiger partial charge >= 0.3 is 14.2 Å². The third kappa shape index (κ3) is 3.05. The smallest absolute Gasteiger partial charge is 0.269 e. The van der Waals surface area contributed by atoms with E-state index in [0.717, 1.165) is 4.90 Å². The first-order chi connectivity index (χ1) is 10.2. The Labute approximate surface area is 127 Å². The Morgan fingerprint density at radius 2 is 1.73 bits per heavy atom. The average Bonchev–Trinajstić information content (AvgIpc) is 2.69. The summed E-state index contributed by atoms with van der Waals surface area (Å²) in [5, 5.41) is 0. The Morgan fingerprint density at radius 3 is 2.18 bits per heavy atom. The topological polar surface area (TPSA) is 101 Å². The lowest BCUT2D eigenvalue weighted by Gasteiger charge is -2.33. The number of hydrogen-bond donors (Lipinski definition) is 1. The predicted octanol–water partition coefficient (Wildman–Crippen LogP) is 2.03. The molecule has 1 unspecified atom stereocenters. The highest BCUT2D eigenvalue weighted by molar-refractivity contribution is 7.32. The summed E-state index contributed by atoms with van der Waals surface area (Å²) in [4.78, 5) is 45.7. The second-order valence-electron chi connectivity index (χ2n) is 5.50. The molecule has 0 aliphatic carbocycles. The summed E-state index contributed by atoms with van der Waals surface area (Å²) in [5.41, 5.74) is -0.254. The van der Waals surface area contributed by atoms with Gasteiger partial charge in [-0.1, -0.05) is 12.1 Å². The highest BCUT2D eigenvalue weighted by Gasteiger charge is 2.44. The van der Waals surface area contributed by atoms with Gasteiger partial charge in [-0.15, -0.1) is 4.89 Å². The van der Waals surface area contributed by atoms with Crippen molar-refractivity contribution in [2.75, 3.05) is 0 Å². The number of imide groups is 1. The van der Waals surface area contributed by atoms with E-state index in [2.05, 4.69) is 4.52 Å². The van der Waals surface area contributed by atoms with E-state index in [1.165, 1.54) is 0 Å². The van der Waals surface area contributed by atoms with Gasteiger partial charge in [-0.05, 0) is 32.4 Å². The zero-order valence-corrected chi connectivity index (χ0v) is 13.0. The van der Waals surface area contributed by atoms with Crippen molar-refractivity contribution in [2.24, 2.45) is 0 Å². The van der Waals surface area contributed by atoms with E-state index in [9.17, 15) is 18.9 Å². The number of carbonyl (C=O) groups is 3. The summed E-state index contributed by atoms with van der Waals surface area (Å²) in [6.07, 6.45) is -0.0531. The molecule has 0 bridgehead atoms. The monoisotopic (exact) mass is 324 g/mol. The maximum absolute atomic E-state index is 12.4. The lowest BCUT2D eigenvalue weighted by Crippen LogP contribution is -2.47. The lowest BCUT2D eigenvalue weighted by atomic mass is 9.96. The molecule has 1 atom stereocenters. The Morgan fingerprint density at radius 1 is 1.23 bits per heavy atom. The first-order valence-corrected chi connectivity index (χ1v) is 7.72. The number of carbonyl (C=O) groups excluding carboxylic acids is 3. The van der Waals surface area contributed by atoms with Gasteiger partial charge in [0.05, 0.1) is 17.5 Å². The van der Waals surface area contributed by atoms with Crippen LogP contribution >= 0.6 is 8.25 Å². The molecule has 8 heteroatoms. The van der Waals surface area contributed by atoms with Crippen LogP contribution in [0.25, 0.3) is 0 Å². The van der Waals surface area contributed by atoms with Gasteiger partial charge < -0.3 is 0 Å². The number of amides is 2. The molecule has 1 aromatic carbocycles. The number of nitrogens with zero attached hydrogens (tertiary/aromatic N) is 1. The normalized spacial score (nSPS) is 14.9. The van der Waals surface area contributed by atoms with E-state index in [4.69, 9.17) is 4.89 Å². The van der Waals surface area contributed by atoms with Crippen LogP contribution in [0.2, 0.25) is 0 Å². The van der Waals surface area contributed by atoms with Gasteiger partial charge in [0.25, 0.3) is 11.8 Å². The molecule has 0 saturated carbocycles. The molecule has 2 amide bonds. The van der Waals surface area contributed by atoms with Gasteiger partial charge in [0, 0.05) is 10.1 Å². The zero-order valence-electron chi connectivity index (χ0n) is 12.1.